The molecule has 0 spiro atoms. The standard InChI is InChI=1S/C26H28N4O5S/c1-2-35-26(32)23-19-8-4-5-9-22(19)36-25(23)28-24(31)18(16-27)14-17-10-11-20(21(15-17)30(33)34)29-12-6-3-7-13-29/h10-11,14-15H,2-9,12-13H2,1H3,(H,28,31)/b18-14-. The van der Waals surface area contributed by atoms with Crippen LogP contribution in [0.15, 0.2) is 23.8 Å². The highest BCUT2D eigenvalue weighted by molar-refractivity contribution is 7.17. The summed E-state index contributed by atoms with van der Waals surface area (Å²) in [5, 5.41) is 24.6. The van der Waals surface area contributed by atoms with Gasteiger partial charge < -0.3 is 15.0 Å². The minimum Gasteiger partial charge on any atom is -0.462 e. The van der Waals surface area contributed by atoms with E-state index >= 15 is 0 Å². The summed E-state index contributed by atoms with van der Waals surface area (Å²) in [5.74, 6) is -1.16. The summed E-state index contributed by atoms with van der Waals surface area (Å²) in [6.45, 7) is 3.46. The van der Waals surface area contributed by atoms with E-state index in [0.717, 1.165) is 68.5 Å². The minimum atomic E-state index is -0.676. The van der Waals surface area contributed by atoms with E-state index in [-0.39, 0.29) is 17.9 Å². The van der Waals surface area contributed by atoms with Crippen molar-refractivity contribution in [2.75, 3.05) is 29.9 Å². The van der Waals surface area contributed by atoms with Crippen LogP contribution in [0.1, 0.15) is 65.4 Å². The highest BCUT2D eigenvalue weighted by atomic mass is 32.1. The second-order valence-corrected chi connectivity index (χ2v) is 9.92. The number of hydrogen-bond acceptors (Lipinski definition) is 8. The van der Waals surface area contributed by atoms with Gasteiger partial charge in [-0.25, -0.2) is 4.79 Å². The summed E-state index contributed by atoms with van der Waals surface area (Å²) in [6.07, 6.45) is 7.95. The number of ether oxygens (including phenoxy) is 1. The van der Waals surface area contributed by atoms with Crippen LogP contribution in [0.25, 0.3) is 6.08 Å². The van der Waals surface area contributed by atoms with Crippen LogP contribution in [-0.4, -0.2) is 36.5 Å². The summed E-state index contributed by atoms with van der Waals surface area (Å²) >= 11 is 1.34. The maximum Gasteiger partial charge on any atom is 0.341 e. The monoisotopic (exact) mass is 508 g/mol. The number of carbonyl (C=O) groups is 2. The SMILES string of the molecule is CCOC(=O)c1c(NC(=O)/C(C#N)=C\c2ccc(N3CCCCC3)c([N+](=O)[O-])c2)sc2c1CCCC2. The van der Waals surface area contributed by atoms with Crippen molar-refractivity contribution in [3.8, 4) is 6.07 Å². The molecule has 0 atom stereocenters. The summed E-state index contributed by atoms with van der Waals surface area (Å²) in [7, 11) is 0. The first kappa shape index (κ1) is 25.4. The lowest BCUT2D eigenvalue weighted by Crippen LogP contribution is -2.29. The molecule has 0 bridgehead atoms. The van der Waals surface area contributed by atoms with Gasteiger partial charge in [0.05, 0.1) is 17.1 Å². The Morgan fingerprint density at radius 3 is 2.67 bits per heavy atom. The lowest BCUT2D eigenvalue weighted by atomic mass is 9.95. The molecule has 10 heteroatoms. The fourth-order valence-electron chi connectivity index (χ4n) is 4.74. The van der Waals surface area contributed by atoms with Crippen LogP contribution in [0, 0.1) is 21.4 Å². The number of nitriles is 1. The average molecular weight is 509 g/mol. The van der Waals surface area contributed by atoms with Gasteiger partial charge in [-0.05, 0) is 75.1 Å². The number of nitrogens with zero attached hydrogens (tertiary/aromatic N) is 3. The van der Waals surface area contributed by atoms with E-state index in [9.17, 15) is 25.0 Å². The van der Waals surface area contributed by atoms with Crippen LogP contribution in [0.4, 0.5) is 16.4 Å². The minimum absolute atomic E-state index is 0.0566. The predicted octanol–water partition coefficient (Wildman–Crippen LogP) is 5.25. The van der Waals surface area contributed by atoms with Gasteiger partial charge in [-0.15, -0.1) is 11.3 Å². The summed E-state index contributed by atoms with van der Waals surface area (Å²) in [6, 6.07) is 6.63. The molecule has 2 aromatic rings. The van der Waals surface area contributed by atoms with Gasteiger partial charge in [0.2, 0.25) is 0 Å². The molecule has 188 valence electrons. The molecular weight excluding hydrogens is 480 g/mol. The zero-order valence-corrected chi connectivity index (χ0v) is 21.0. The fraction of sp³-hybridized carbons (Fsp3) is 0.423. The third-order valence-electron chi connectivity index (χ3n) is 6.45. The van der Waals surface area contributed by atoms with Crippen molar-refractivity contribution in [3.05, 3.63) is 55.5 Å². The Morgan fingerprint density at radius 2 is 1.97 bits per heavy atom. The Kier molecular flexibility index (Phi) is 8.00. The van der Waals surface area contributed by atoms with Crippen molar-refractivity contribution < 1.29 is 19.2 Å². The third kappa shape index (κ3) is 5.41. The van der Waals surface area contributed by atoms with Crippen LogP contribution in [0.2, 0.25) is 0 Å². The Hall–Kier alpha value is -3.71. The number of hydrogen-bond donors (Lipinski definition) is 1. The van der Waals surface area contributed by atoms with E-state index in [1.807, 2.05) is 11.0 Å². The Bertz CT molecular complexity index is 1250. The third-order valence-corrected chi connectivity index (χ3v) is 7.65. The summed E-state index contributed by atoms with van der Waals surface area (Å²) in [5.41, 5.74) is 1.93. The number of carbonyl (C=O) groups excluding carboxylic acids is 2. The van der Waals surface area contributed by atoms with Gasteiger partial charge in [-0.1, -0.05) is 6.07 Å². The maximum absolute atomic E-state index is 13.0. The Morgan fingerprint density at radius 1 is 1.22 bits per heavy atom. The first-order valence-electron chi connectivity index (χ1n) is 12.2. The Labute approximate surface area is 213 Å². The highest BCUT2D eigenvalue weighted by Gasteiger charge is 2.28. The van der Waals surface area contributed by atoms with Gasteiger partial charge in [0, 0.05) is 24.0 Å². The molecule has 0 radical (unpaired) electrons. The van der Waals surface area contributed by atoms with E-state index in [4.69, 9.17) is 4.74 Å². The maximum atomic E-state index is 13.0. The number of thiophene rings is 1. The fourth-order valence-corrected chi connectivity index (χ4v) is 6.01. The first-order chi connectivity index (χ1) is 17.4. The molecule has 1 aromatic carbocycles. The topological polar surface area (TPSA) is 126 Å². The Balaban J connectivity index is 1.62. The number of fused-ring (bicyclic) bond motifs is 1. The van der Waals surface area contributed by atoms with Gasteiger partial charge in [-0.3, -0.25) is 14.9 Å². The lowest BCUT2D eigenvalue weighted by molar-refractivity contribution is -0.384. The summed E-state index contributed by atoms with van der Waals surface area (Å²) < 4.78 is 5.22. The molecular formula is C26H28N4O5S. The number of aryl methyl sites for hydroxylation is 1. The van der Waals surface area contributed by atoms with E-state index in [1.54, 1.807) is 19.1 Å². The quantitative estimate of drug-likeness (QED) is 0.178. The van der Waals surface area contributed by atoms with Gasteiger partial charge in [0.15, 0.2) is 0 Å². The van der Waals surface area contributed by atoms with Crippen LogP contribution in [-0.2, 0) is 22.4 Å². The molecule has 1 aliphatic carbocycles. The molecule has 1 aromatic heterocycles. The normalized spacial score (nSPS) is 15.6. The molecule has 0 unspecified atom stereocenters. The molecule has 36 heavy (non-hydrogen) atoms. The van der Waals surface area contributed by atoms with Crippen molar-refractivity contribution in [3.63, 3.8) is 0 Å². The molecule has 1 aliphatic heterocycles. The van der Waals surface area contributed by atoms with E-state index < -0.39 is 16.8 Å². The number of amides is 1. The predicted molar refractivity (Wildman–Crippen MR) is 138 cm³/mol. The van der Waals surface area contributed by atoms with Crippen LogP contribution in [0.3, 0.4) is 0 Å². The largest absolute Gasteiger partial charge is 0.462 e. The highest BCUT2D eigenvalue weighted by Crippen LogP contribution is 2.39. The number of nitro benzene ring substituents is 1. The number of rotatable bonds is 7. The number of piperidine rings is 1. The summed E-state index contributed by atoms with van der Waals surface area (Å²) in [4.78, 5) is 40.1. The zero-order chi connectivity index (χ0) is 25.7. The zero-order valence-electron chi connectivity index (χ0n) is 20.2. The van der Waals surface area contributed by atoms with Crippen LogP contribution < -0.4 is 10.2 Å². The van der Waals surface area contributed by atoms with Crippen molar-refractivity contribution in [1.29, 1.82) is 5.26 Å². The molecule has 4 rings (SSSR count). The van der Waals surface area contributed by atoms with Crippen molar-refractivity contribution >= 4 is 45.7 Å². The molecule has 1 saturated heterocycles. The second kappa shape index (κ2) is 11.4. The molecule has 2 heterocycles. The van der Waals surface area contributed by atoms with E-state index in [0.29, 0.717) is 21.8 Å². The van der Waals surface area contributed by atoms with E-state index in [1.165, 1.54) is 23.5 Å². The van der Waals surface area contributed by atoms with Gasteiger partial charge in [0.1, 0.15) is 22.3 Å². The molecule has 9 nitrogen and oxygen atoms in total. The van der Waals surface area contributed by atoms with Crippen molar-refractivity contribution in [2.24, 2.45) is 0 Å². The van der Waals surface area contributed by atoms with Crippen LogP contribution >= 0.6 is 11.3 Å². The molecule has 0 saturated carbocycles. The van der Waals surface area contributed by atoms with Gasteiger partial charge in [0.25, 0.3) is 11.6 Å². The number of nitrogens with one attached hydrogen (secondary N) is 1. The lowest BCUT2D eigenvalue weighted by Gasteiger charge is -2.28. The van der Waals surface area contributed by atoms with Crippen molar-refractivity contribution in [2.45, 2.75) is 51.9 Å². The van der Waals surface area contributed by atoms with Gasteiger partial charge >= 0.3 is 5.97 Å². The number of benzene rings is 1. The van der Waals surface area contributed by atoms with E-state index in [2.05, 4.69) is 5.32 Å². The number of nitro groups is 1. The molecule has 1 amide bonds. The second-order valence-electron chi connectivity index (χ2n) is 8.81. The number of anilines is 2. The molecule has 2 aliphatic rings. The van der Waals surface area contributed by atoms with Crippen LogP contribution in [0.5, 0.6) is 0 Å². The van der Waals surface area contributed by atoms with Crippen molar-refractivity contribution in [1.82, 2.24) is 0 Å². The average Bonchev–Trinajstić information content (AvgIpc) is 3.25. The molecule has 1 fully saturated rings. The first-order valence-corrected chi connectivity index (χ1v) is 13.0. The number of esters is 1. The van der Waals surface area contributed by atoms with Gasteiger partial charge in [-0.2, -0.15) is 5.26 Å². The smallest absolute Gasteiger partial charge is 0.341 e. The molecule has 1 N–H and O–H groups in total.